The molecular formula is C12H16ClN3. The van der Waals surface area contributed by atoms with Crippen molar-refractivity contribution in [2.75, 3.05) is 13.1 Å². The van der Waals surface area contributed by atoms with Crippen LogP contribution in [-0.2, 0) is 6.42 Å². The summed E-state index contributed by atoms with van der Waals surface area (Å²) in [6.45, 7) is 6.27. The molecule has 0 spiro atoms. The highest BCUT2D eigenvalue weighted by Gasteiger charge is 2.23. The van der Waals surface area contributed by atoms with Crippen molar-refractivity contribution >= 4 is 17.9 Å². The molecule has 4 heteroatoms. The number of aliphatic imine (C=N–C) groups is 1. The van der Waals surface area contributed by atoms with Crippen molar-refractivity contribution < 1.29 is 0 Å². The second kappa shape index (κ2) is 4.42. The van der Waals surface area contributed by atoms with Crippen LogP contribution in [0.1, 0.15) is 19.4 Å². The fourth-order valence-corrected chi connectivity index (χ4v) is 1.89. The molecule has 2 heterocycles. The maximum Gasteiger partial charge on any atom is 0.129 e. The average Bonchev–Trinajstić information content (AvgIpc) is 2.58. The minimum atomic E-state index is 0.0677. The second-order valence-corrected chi connectivity index (χ2v) is 5.15. The molecular weight excluding hydrogens is 222 g/mol. The van der Waals surface area contributed by atoms with Gasteiger partial charge in [0, 0.05) is 19.3 Å². The Hall–Kier alpha value is -1.09. The summed E-state index contributed by atoms with van der Waals surface area (Å²) in [6.07, 6.45) is 4.76. The van der Waals surface area contributed by atoms with Crippen LogP contribution >= 0.6 is 11.6 Å². The smallest absolute Gasteiger partial charge is 0.129 e. The number of aromatic nitrogens is 1. The van der Waals surface area contributed by atoms with Crippen LogP contribution in [0.15, 0.2) is 23.3 Å². The summed E-state index contributed by atoms with van der Waals surface area (Å²) in [5, 5.41) is 0.549. The minimum absolute atomic E-state index is 0.0677. The Morgan fingerprint density at radius 3 is 2.81 bits per heavy atom. The molecule has 0 fully saturated rings. The lowest BCUT2D eigenvalue weighted by atomic mass is 10.1. The number of halogens is 1. The van der Waals surface area contributed by atoms with Crippen LogP contribution in [0.4, 0.5) is 0 Å². The molecule has 2 rings (SSSR count). The molecule has 1 aromatic rings. The highest BCUT2D eigenvalue weighted by Crippen LogP contribution is 2.16. The van der Waals surface area contributed by atoms with Crippen LogP contribution < -0.4 is 0 Å². The summed E-state index contributed by atoms with van der Waals surface area (Å²) in [5.41, 5.74) is 1.28. The topological polar surface area (TPSA) is 28.5 Å². The lowest BCUT2D eigenvalue weighted by Gasteiger charge is -2.19. The van der Waals surface area contributed by atoms with Crippen molar-refractivity contribution in [1.82, 2.24) is 9.88 Å². The van der Waals surface area contributed by atoms with Gasteiger partial charge in [0.1, 0.15) is 5.15 Å². The Bertz CT molecular complexity index is 384. The summed E-state index contributed by atoms with van der Waals surface area (Å²) < 4.78 is 0. The molecule has 0 bridgehead atoms. The van der Waals surface area contributed by atoms with Gasteiger partial charge in [-0.15, -0.1) is 0 Å². The lowest BCUT2D eigenvalue weighted by molar-refractivity contribution is 0.382. The van der Waals surface area contributed by atoms with Crippen molar-refractivity contribution in [3.8, 4) is 0 Å². The SMILES string of the molecule is CC1(C)CN(CCc2ccc(Cl)nc2)C=N1. The standard InChI is InChI=1S/C12H16ClN3/c1-12(2)8-16(9-15-12)6-5-10-3-4-11(13)14-7-10/h3-4,7,9H,5-6,8H2,1-2H3. The molecule has 16 heavy (non-hydrogen) atoms. The summed E-state index contributed by atoms with van der Waals surface area (Å²) in [5.74, 6) is 0. The molecule has 1 aromatic heterocycles. The van der Waals surface area contributed by atoms with Crippen molar-refractivity contribution in [3.05, 3.63) is 29.0 Å². The van der Waals surface area contributed by atoms with Gasteiger partial charge in [0.25, 0.3) is 0 Å². The first-order valence-electron chi connectivity index (χ1n) is 5.45. The third kappa shape index (κ3) is 2.95. The highest BCUT2D eigenvalue weighted by molar-refractivity contribution is 6.29. The Balaban J connectivity index is 1.85. The van der Waals surface area contributed by atoms with E-state index in [0.29, 0.717) is 5.15 Å². The van der Waals surface area contributed by atoms with Gasteiger partial charge in [-0.2, -0.15) is 0 Å². The van der Waals surface area contributed by atoms with Crippen LogP contribution in [0.5, 0.6) is 0 Å². The van der Waals surface area contributed by atoms with Gasteiger partial charge < -0.3 is 4.90 Å². The summed E-state index contributed by atoms with van der Waals surface area (Å²) in [4.78, 5) is 10.8. The molecule has 0 aromatic carbocycles. The predicted octanol–water partition coefficient (Wildman–Crippen LogP) is 2.40. The van der Waals surface area contributed by atoms with E-state index in [-0.39, 0.29) is 5.54 Å². The fourth-order valence-electron chi connectivity index (χ4n) is 1.78. The van der Waals surface area contributed by atoms with Crippen molar-refractivity contribution in [2.24, 2.45) is 4.99 Å². The quantitative estimate of drug-likeness (QED) is 0.756. The summed E-state index contributed by atoms with van der Waals surface area (Å²) in [6, 6.07) is 3.85. The first-order valence-corrected chi connectivity index (χ1v) is 5.83. The lowest BCUT2D eigenvalue weighted by Crippen LogP contribution is -2.30. The molecule has 1 aliphatic heterocycles. The number of rotatable bonds is 3. The number of hydrogen-bond acceptors (Lipinski definition) is 3. The molecule has 0 unspecified atom stereocenters. The fraction of sp³-hybridized carbons (Fsp3) is 0.500. The van der Waals surface area contributed by atoms with E-state index >= 15 is 0 Å². The van der Waals surface area contributed by atoms with E-state index < -0.39 is 0 Å². The van der Waals surface area contributed by atoms with Gasteiger partial charge in [-0.25, -0.2) is 4.98 Å². The molecule has 0 N–H and O–H groups in total. The molecule has 3 nitrogen and oxygen atoms in total. The Morgan fingerprint density at radius 2 is 2.25 bits per heavy atom. The van der Waals surface area contributed by atoms with E-state index in [9.17, 15) is 0 Å². The Morgan fingerprint density at radius 1 is 1.44 bits per heavy atom. The third-order valence-corrected chi connectivity index (χ3v) is 2.86. The molecule has 1 aliphatic rings. The molecule has 0 saturated carbocycles. The molecule has 86 valence electrons. The van der Waals surface area contributed by atoms with Gasteiger partial charge in [0.2, 0.25) is 0 Å². The highest BCUT2D eigenvalue weighted by atomic mass is 35.5. The van der Waals surface area contributed by atoms with Gasteiger partial charge >= 0.3 is 0 Å². The van der Waals surface area contributed by atoms with Gasteiger partial charge in [-0.05, 0) is 31.9 Å². The monoisotopic (exact) mass is 237 g/mol. The Labute approximate surface area is 101 Å². The van der Waals surface area contributed by atoms with Crippen LogP contribution in [0, 0.1) is 0 Å². The van der Waals surface area contributed by atoms with Gasteiger partial charge in [-0.3, -0.25) is 4.99 Å². The first-order chi connectivity index (χ1) is 7.55. The minimum Gasteiger partial charge on any atom is -0.360 e. The van der Waals surface area contributed by atoms with E-state index in [0.717, 1.165) is 19.5 Å². The van der Waals surface area contributed by atoms with Gasteiger partial charge in [-0.1, -0.05) is 17.7 Å². The summed E-state index contributed by atoms with van der Waals surface area (Å²) in [7, 11) is 0. The number of pyridine rings is 1. The maximum atomic E-state index is 5.73. The van der Waals surface area contributed by atoms with E-state index in [4.69, 9.17) is 11.6 Å². The molecule has 0 aliphatic carbocycles. The maximum absolute atomic E-state index is 5.73. The second-order valence-electron chi connectivity index (χ2n) is 4.77. The predicted molar refractivity (Wildman–Crippen MR) is 67.1 cm³/mol. The van der Waals surface area contributed by atoms with Crippen LogP contribution in [0.25, 0.3) is 0 Å². The van der Waals surface area contributed by atoms with Crippen molar-refractivity contribution in [3.63, 3.8) is 0 Å². The third-order valence-electron chi connectivity index (χ3n) is 2.64. The van der Waals surface area contributed by atoms with Crippen molar-refractivity contribution in [2.45, 2.75) is 25.8 Å². The molecule has 0 radical (unpaired) electrons. The van der Waals surface area contributed by atoms with Gasteiger partial charge in [0.05, 0.1) is 11.9 Å². The molecule has 0 amide bonds. The van der Waals surface area contributed by atoms with Crippen LogP contribution in [0.2, 0.25) is 5.15 Å². The zero-order valence-corrected chi connectivity index (χ0v) is 10.4. The largest absolute Gasteiger partial charge is 0.360 e. The molecule has 0 saturated heterocycles. The van der Waals surface area contributed by atoms with Crippen molar-refractivity contribution in [1.29, 1.82) is 0 Å². The van der Waals surface area contributed by atoms with E-state index in [2.05, 4.69) is 28.7 Å². The van der Waals surface area contributed by atoms with Crippen LogP contribution in [0.3, 0.4) is 0 Å². The molecule has 0 atom stereocenters. The first kappa shape index (κ1) is 11.4. The van der Waals surface area contributed by atoms with Gasteiger partial charge in [0.15, 0.2) is 0 Å². The summed E-state index contributed by atoms with van der Waals surface area (Å²) >= 11 is 5.73. The van der Waals surface area contributed by atoms with Crippen LogP contribution in [-0.4, -0.2) is 34.9 Å². The van der Waals surface area contributed by atoms with E-state index in [1.54, 1.807) is 0 Å². The van der Waals surface area contributed by atoms with E-state index in [1.165, 1.54) is 5.56 Å². The Kier molecular flexibility index (Phi) is 3.15. The zero-order chi connectivity index (χ0) is 11.6. The number of hydrogen-bond donors (Lipinski definition) is 0. The zero-order valence-electron chi connectivity index (χ0n) is 9.65. The number of nitrogens with zero attached hydrogens (tertiary/aromatic N) is 3. The van der Waals surface area contributed by atoms with E-state index in [1.807, 2.05) is 24.7 Å². The average molecular weight is 238 g/mol. The normalized spacial score (nSPS) is 18.1.